The average molecular weight is 990 g/mol. The summed E-state index contributed by atoms with van der Waals surface area (Å²) in [5.41, 5.74) is 0. The fourth-order valence-corrected chi connectivity index (χ4v) is 9.99. The van der Waals surface area contributed by atoms with Crippen molar-refractivity contribution in [3.8, 4) is 0 Å². The summed E-state index contributed by atoms with van der Waals surface area (Å²) >= 11 is 0. The van der Waals surface area contributed by atoms with Gasteiger partial charge in [0.2, 0.25) is 0 Å². The second kappa shape index (κ2) is 58.3. The molecular weight excluding hydrogens is 865 g/mol. The minimum absolute atomic E-state index is 0.0612. The van der Waals surface area contributed by atoms with E-state index in [2.05, 4.69) is 27.7 Å². The molecule has 0 fully saturated rings. The molecule has 1 atom stereocenters. The lowest BCUT2D eigenvalue weighted by atomic mass is 10.0. The number of hydrogen-bond acceptors (Lipinski definition) is 6. The molecule has 0 aromatic rings. The largest absolute Gasteiger partial charge is 0.462 e. The average Bonchev–Trinajstić information content (AvgIpc) is 3.35. The summed E-state index contributed by atoms with van der Waals surface area (Å²) in [7, 11) is 0. The third-order valence-electron chi connectivity index (χ3n) is 14.8. The van der Waals surface area contributed by atoms with Crippen molar-refractivity contribution >= 4 is 17.9 Å². The molecule has 70 heavy (non-hydrogen) atoms. The minimum Gasteiger partial charge on any atom is -0.462 e. The lowest BCUT2D eigenvalue weighted by molar-refractivity contribution is -0.167. The summed E-state index contributed by atoms with van der Waals surface area (Å²) in [5.74, 6) is 0.0304. The van der Waals surface area contributed by atoms with Gasteiger partial charge in [0.05, 0.1) is 0 Å². The Morgan fingerprint density at radius 2 is 0.471 bits per heavy atom. The smallest absolute Gasteiger partial charge is 0.306 e. The van der Waals surface area contributed by atoms with Gasteiger partial charge < -0.3 is 14.2 Å². The number of hydrogen-bond donors (Lipinski definition) is 0. The van der Waals surface area contributed by atoms with E-state index in [-0.39, 0.29) is 31.1 Å². The predicted octanol–water partition coefficient (Wildman–Crippen LogP) is 21.4. The van der Waals surface area contributed by atoms with Gasteiger partial charge in [0.1, 0.15) is 13.2 Å². The Kier molecular flexibility index (Phi) is 57.0. The van der Waals surface area contributed by atoms with Crippen LogP contribution in [0.5, 0.6) is 0 Å². The first-order valence-electron chi connectivity index (χ1n) is 31.9. The minimum atomic E-state index is -0.762. The van der Waals surface area contributed by atoms with Crippen molar-refractivity contribution in [3.05, 3.63) is 0 Å². The van der Waals surface area contributed by atoms with Gasteiger partial charge in [0, 0.05) is 19.3 Å². The topological polar surface area (TPSA) is 78.9 Å². The maximum Gasteiger partial charge on any atom is 0.306 e. The first kappa shape index (κ1) is 68.4. The van der Waals surface area contributed by atoms with E-state index in [4.69, 9.17) is 14.2 Å². The molecule has 0 heterocycles. The Morgan fingerprint density at radius 3 is 0.700 bits per heavy atom. The molecule has 0 saturated carbocycles. The third kappa shape index (κ3) is 57.3. The molecule has 416 valence electrons. The van der Waals surface area contributed by atoms with Crippen LogP contribution in [0.1, 0.15) is 368 Å². The molecule has 0 aromatic heterocycles. The van der Waals surface area contributed by atoms with Crippen LogP contribution in [-0.4, -0.2) is 37.2 Å². The summed E-state index contributed by atoms with van der Waals surface area (Å²) in [5, 5.41) is 0. The molecule has 0 bridgehead atoms. The van der Waals surface area contributed by atoms with E-state index in [0.717, 1.165) is 63.7 Å². The van der Waals surface area contributed by atoms with Crippen LogP contribution in [0.3, 0.4) is 0 Å². The Labute approximate surface area is 438 Å². The standard InChI is InChI=1S/C64H124O6/c1-5-7-9-11-13-15-17-19-20-21-22-27-30-33-37-41-45-49-53-57-64(67)70-61(58-68-62(65)55-51-47-43-39-35-18-16-14-12-10-8-6-2)59-69-63(66)56-52-48-44-40-36-32-29-26-24-23-25-28-31-34-38-42-46-50-54-60(3)4/h60-61H,5-59H2,1-4H3/t61-/m1/s1. The number of carbonyl (C=O) groups excluding carboxylic acids is 3. The van der Waals surface area contributed by atoms with Crippen LogP contribution in [0, 0.1) is 5.92 Å². The summed E-state index contributed by atoms with van der Waals surface area (Å²) in [4.78, 5) is 38.2. The quantitative estimate of drug-likeness (QED) is 0.0343. The first-order valence-corrected chi connectivity index (χ1v) is 31.9. The van der Waals surface area contributed by atoms with Gasteiger partial charge >= 0.3 is 17.9 Å². The van der Waals surface area contributed by atoms with Crippen LogP contribution in [-0.2, 0) is 28.6 Å². The summed E-state index contributed by atoms with van der Waals surface area (Å²) in [6.07, 6.45) is 65.4. The van der Waals surface area contributed by atoms with Crippen molar-refractivity contribution in [2.24, 2.45) is 5.92 Å². The Hall–Kier alpha value is -1.59. The number of carbonyl (C=O) groups is 3. The van der Waals surface area contributed by atoms with Gasteiger partial charge in [-0.1, -0.05) is 329 Å². The van der Waals surface area contributed by atoms with Gasteiger partial charge in [0.25, 0.3) is 0 Å². The molecule has 0 rings (SSSR count). The highest BCUT2D eigenvalue weighted by atomic mass is 16.6. The van der Waals surface area contributed by atoms with Crippen LogP contribution in [0.15, 0.2) is 0 Å². The molecule has 0 aliphatic rings. The van der Waals surface area contributed by atoms with Gasteiger partial charge in [-0.05, 0) is 25.2 Å². The summed E-state index contributed by atoms with van der Waals surface area (Å²) in [6, 6.07) is 0. The number of ether oxygens (including phenoxy) is 3. The van der Waals surface area contributed by atoms with E-state index in [9.17, 15) is 14.4 Å². The fourth-order valence-electron chi connectivity index (χ4n) is 9.99. The maximum absolute atomic E-state index is 12.9. The Bertz CT molecular complexity index is 1060. The van der Waals surface area contributed by atoms with Crippen LogP contribution >= 0.6 is 0 Å². The van der Waals surface area contributed by atoms with Gasteiger partial charge in [-0.25, -0.2) is 0 Å². The van der Waals surface area contributed by atoms with Gasteiger partial charge in [-0.2, -0.15) is 0 Å². The first-order chi connectivity index (χ1) is 34.4. The molecule has 0 aliphatic carbocycles. The van der Waals surface area contributed by atoms with Gasteiger partial charge in [0.15, 0.2) is 6.10 Å². The highest BCUT2D eigenvalue weighted by Crippen LogP contribution is 2.19. The lowest BCUT2D eigenvalue weighted by Crippen LogP contribution is -2.30. The molecule has 0 radical (unpaired) electrons. The summed E-state index contributed by atoms with van der Waals surface area (Å²) in [6.45, 7) is 9.09. The zero-order valence-electron chi connectivity index (χ0n) is 48.0. The highest BCUT2D eigenvalue weighted by molar-refractivity contribution is 5.71. The second-order valence-electron chi connectivity index (χ2n) is 22.5. The van der Waals surface area contributed by atoms with Crippen molar-refractivity contribution in [1.29, 1.82) is 0 Å². The molecular formula is C64H124O6. The Morgan fingerprint density at radius 1 is 0.271 bits per heavy atom. The van der Waals surface area contributed by atoms with Crippen LogP contribution in [0.25, 0.3) is 0 Å². The highest BCUT2D eigenvalue weighted by Gasteiger charge is 2.19. The van der Waals surface area contributed by atoms with Gasteiger partial charge in [-0.15, -0.1) is 0 Å². The molecule has 0 saturated heterocycles. The zero-order chi connectivity index (χ0) is 50.9. The molecule has 0 unspecified atom stereocenters. The molecule has 6 nitrogen and oxygen atoms in total. The fraction of sp³-hybridized carbons (Fsp3) is 0.953. The van der Waals surface area contributed by atoms with E-state index in [1.807, 2.05) is 0 Å². The van der Waals surface area contributed by atoms with Crippen molar-refractivity contribution < 1.29 is 28.6 Å². The number of esters is 3. The van der Waals surface area contributed by atoms with E-state index >= 15 is 0 Å². The Balaban J connectivity index is 4.23. The summed E-state index contributed by atoms with van der Waals surface area (Å²) < 4.78 is 16.9. The number of rotatable bonds is 59. The predicted molar refractivity (Wildman–Crippen MR) is 303 cm³/mol. The zero-order valence-corrected chi connectivity index (χ0v) is 48.0. The van der Waals surface area contributed by atoms with Crippen LogP contribution in [0.4, 0.5) is 0 Å². The molecule has 0 N–H and O–H groups in total. The van der Waals surface area contributed by atoms with E-state index in [0.29, 0.717) is 19.3 Å². The van der Waals surface area contributed by atoms with Crippen LogP contribution < -0.4 is 0 Å². The molecule has 0 spiro atoms. The van der Waals surface area contributed by atoms with E-state index in [1.165, 1.54) is 263 Å². The van der Waals surface area contributed by atoms with Crippen molar-refractivity contribution in [3.63, 3.8) is 0 Å². The normalized spacial score (nSPS) is 12.0. The monoisotopic (exact) mass is 989 g/mol. The van der Waals surface area contributed by atoms with Crippen molar-refractivity contribution in [2.45, 2.75) is 374 Å². The van der Waals surface area contributed by atoms with E-state index in [1.54, 1.807) is 0 Å². The van der Waals surface area contributed by atoms with Gasteiger partial charge in [-0.3, -0.25) is 14.4 Å². The second-order valence-corrected chi connectivity index (χ2v) is 22.5. The molecule has 6 heteroatoms. The SMILES string of the molecule is CCCCCCCCCCCCCCCCCCCCCC(=O)O[C@H](COC(=O)CCCCCCCCCCCCCC)COC(=O)CCCCCCCCCCCCCCCCCCCCC(C)C. The molecule has 0 aromatic carbocycles. The molecule has 0 amide bonds. The molecule has 0 aliphatic heterocycles. The third-order valence-corrected chi connectivity index (χ3v) is 14.8. The van der Waals surface area contributed by atoms with Crippen LogP contribution in [0.2, 0.25) is 0 Å². The maximum atomic E-state index is 12.9. The number of unbranched alkanes of at least 4 members (excludes halogenated alkanes) is 46. The lowest BCUT2D eigenvalue weighted by Gasteiger charge is -2.18. The van der Waals surface area contributed by atoms with Crippen molar-refractivity contribution in [1.82, 2.24) is 0 Å². The van der Waals surface area contributed by atoms with E-state index < -0.39 is 6.10 Å². The van der Waals surface area contributed by atoms with Crippen molar-refractivity contribution in [2.75, 3.05) is 13.2 Å².